The fourth-order valence-electron chi connectivity index (χ4n) is 1.10. The molecular formula is C9H17N3OS2. The molecule has 0 aliphatic heterocycles. The van der Waals surface area contributed by atoms with Crippen molar-refractivity contribution in [1.82, 2.24) is 14.8 Å². The summed E-state index contributed by atoms with van der Waals surface area (Å²) in [5.41, 5.74) is -0.113. The van der Waals surface area contributed by atoms with Gasteiger partial charge in [-0.2, -0.15) is 12.6 Å². The molecule has 15 heavy (non-hydrogen) atoms. The molecule has 1 aromatic rings. The molecule has 0 aliphatic rings. The predicted octanol–water partition coefficient (Wildman–Crippen LogP) is 1.64. The molecule has 1 N–H and O–H groups in total. The number of thioether (sulfide) groups is 1. The van der Waals surface area contributed by atoms with Gasteiger partial charge in [-0.15, -0.1) is 5.10 Å². The first kappa shape index (κ1) is 12.7. The minimum absolute atomic E-state index is 0.113. The molecule has 0 fully saturated rings. The number of thiol groups is 1. The Balaban J connectivity index is 2.64. The number of aromatic amines is 1. The van der Waals surface area contributed by atoms with E-state index in [1.54, 1.807) is 16.3 Å². The molecule has 6 heteroatoms. The van der Waals surface area contributed by atoms with Crippen molar-refractivity contribution in [2.45, 2.75) is 32.0 Å². The Bertz CT molecular complexity index is 347. The first-order valence-electron chi connectivity index (χ1n) is 5.07. The lowest BCUT2D eigenvalue weighted by Crippen LogP contribution is -2.17. The van der Waals surface area contributed by atoms with Crippen LogP contribution in [0, 0.1) is 5.92 Å². The Morgan fingerprint density at radius 1 is 1.67 bits per heavy atom. The van der Waals surface area contributed by atoms with Crippen LogP contribution < -0.4 is 5.69 Å². The van der Waals surface area contributed by atoms with Crippen molar-refractivity contribution >= 4 is 24.4 Å². The van der Waals surface area contributed by atoms with E-state index in [-0.39, 0.29) is 5.69 Å². The number of H-pyrrole nitrogens is 1. The van der Waals surface area contributed by atoms with Gasteiger partial charge >= 0.3 is 5.69 Å². The lowest BCUT2D eigenvalue weighted by Gasteiger charge is -2.07. The fraction of sp³-hybridized carbons (Fsp3) is 0.778. The lowest BCUT2D eigenvalue weighted by molar-refractivity contribution is 0.602. The number of aromatic nitrogens is 3. The molecule has 1 unspecified atom stereocenters. The van der Waals surface area contributed by atoms with Crippen molar-refractivity contribution in [3.8, 4) is 0 Å². The minimum Gasteiger partial charge on any atom is -0.270 e. The summed E-state index contributed by atoms with van der Waals surface area (Å²) in [6.07, 6.45) is 0.940. The van der Waals surface area contributed by atoms with Crippen LogP contribution >= 0.6 is 24.4 Å². The van der Waals surface area contributed by atoms with E-state index in [0.29, 0.717) is 5.92 Å². The van der Waals surface area contributed by atoms with Gasteiger partial charge in [0.05, 0.1) is 0 Å². The second kappa shape index (κ2) is 6.27. The molecule has 0 aliphatic carbocycles. The first-order chi connectivity index (χ1) is 7.19. The third-order valence-corrected chi connectivity index (χ3v) is 3.91. The molecule has 4 nitrogen and oxygen atoms in total. The lowest BCUT2D eigenvalue weighted by atomic mass is 10.3. The van der Waals surface area contributed by atoms with Crippen molar-refractivity contribution in [3.05, 3.63) is 10.5 Å². The van der Waals surface area contributed by atoms with E-state index in [0.717, 1.165) is 29.6 Å². The molecule has 1 rings (SSSR count). The zero-order valence-electron chi connectivity index (χ0n) is 9.06. The van der Waals surface area contributed by atoms with E-state index >= 15 is 0 Å². The Kier molecular flexibility index (Phi) is 5.31. The molecule has 0 radical (unpaired) electrons. The van der Waals surface area contributed by atoms with E-state index < -0.39 is 0 Å². The SMILES string of the molecule is CCCn1c(SCC(C)CS)n[nH]c1=O. The number of rotatable bonds is 6. The van der Waals surface area contributed by atoms with Gasteiger partial charge < -0.3 is 0 Å². The summed E-state index contributed by atoms with van der Waals surface area (Å²) in [7, 11) is 0. The molecule has 1 aromatic heterocycles. The quantitative estimate of drug-likeness (QED) is 0.593. The van der Waals surface area contributed by atoms with Crippen molar-refractivity contribution < 1.29 is 0 Å². The fourth-order valence-corrected chi connectivity index (χ4v) is 2.40. The zero-order valence-corrected chi connectivity index (χ0v) is 10.8. The molecule has 1 heterocycles. The average molecular weight is 247 g/mol. The smallest absolute Gasteiger partial charge is 0.270 e. The molecule has 0 saturated heterocycles. The maximum atomic E-state index is 11.4. The summed E-state index contributed by atoms with van der Waals surface area (Å²) in [6.45, 7) is 4.91. The van der Waals surface area contributed by atoms with Gasteiger partial charge in [0.25, 0.3) is 0 Å². The Morgan fingerprint density at radius 3 is 3.00 bits per heavy atom. The maximum absolute atomic E-state index is 11.4. The average Bonchev–Trinajstić information content (AvgIpc) is 2.58. The van der Waals surface area contributed by atoms with Crippen LogP contribution in [0.3, 0.4) is 0 Å². The molecule has 1 atom stereocenters. The highest BCUT2D eigenvalue weighted by atomic mass is 32.2. The van der Waals surface area contributed by atoms with Crippen LogP contribution in [0.1, 0.15) is 20.3 Å². The molecule has 86 valence electrons. The number of hydrogen-bond donors (Lipinski definition) is 2. The van der Waals surface area contributed by atoms with Gasteiger partial charge in [-0.05, 0) is 18.1 Å². The largest absolute Gasteiger partial charge is 0.343 e. The van der Waals surface area contributed by atoms with Crippen molar-refractivity contribution in [3.63, 3.8) is 0 Å². The van der Waals surface area contributed by atoms with Gasteiger partial charge in [-0.25, -0.2) is 9.89 Å². The molecule has 0 amide bonds. The monoisotopic (exact) mass is 247 g/mol. The predicted molar refractivity (Wildman–Crippen MR) is 66.9 cm³/mol. The van der Waals surface area contributed by atoms with E-state index in [1.807, 2.05) is 6.92 Å². The van der Waals surface area contributed by atoms with Crippen LogP contribution in [-0.2, 0) is 6.54 Å². The molecule has 0 saturated carbocycles. The van der Waals surface area contributed by atoms with Crippen LogP contribution in [0.2, 0.25) is 0 Å². The van der Waals surface area contributed by atoms with Crippen LogP contribution in [-0.4, -0.2) is 26.3 Å². The number of hydrogen-bond acceptors (Lipinski definition) is 4. The van der Waals surface area contributed by atoms with Crippen LogP contribution in [0.15, 0.2) is 9.95 Å². The van der Waals surface area contributed by atoms with E-state index in [4.69, 9.17) is 0 Å². The third-order valence-electron chi connectivity index (χ3n) is 1.98. The summed E-state index contributed by atoms with van der Waals surface area (Å²) in [4.78, 5) is 11.4. The maximum Gasteiger partial charge on any atom is 0.343 e. The van der Waals surface area contributed by atoms with Crippen molar-refractivity contribution in [2.75, 3.05) is 11.5 Å². The van der Waals surface area contributed by atoms with Gasteiger partial charge in [0, 0.05) is 12.3 Å². The van der Waals surface area contributed by atoms with Gasteiger partial charge in [0.15, 0.2) is 5.16 Å². The molecule has 0 spiro atoms. The molecular weight excluding hydrogens is 230 g/mol. The molecule has 0 bridgehead atoms. The van der Waals surface area contributed by atoms with E-state index in [2.05, 4.69) is 29.7 Å². The molecule has 0 aromatic carbocycles. The Morgan fingerprint density at radius 2 is 2.40 bits per heavy atom. The van der Waals surface area contributed by atoms with Crippen LogP contribution in [0.4, 0.5) is 0 Å². The Labute approximate surface area is 99.3 Å². The van der Waals surface area contributed by atoms with E-state index in [1.165, 1.54) is 0 Å². The zero-order chi connectivity index (χ0) is 11.3. The normalized spacial score (nSPS) is 13.0. The van der Waals surface area contributed by atoms with Crippen LogP contribution in [0.25, 0.3) is 0 Å². The van der Waals surface area contributed by atoms with Gasteiger partial charge in [0.1, 0.15) is 0 Å². The highest BCUT2D eigenvalue weighted by Gasteiger charge is 2.09. The standard InChI is InChI=1S/C9H17N3OS2/c1-3-4-12-8(13)10-11-9(12)15-6-7(2)5-14/h7,14H,3-6H2,1-2H3,(H,10,13). The summed E-state index contributed by atoms with van der Waals surface area (Å²) in [5.74, 6) is 2.33. The highest BCUT2D eigenvalue weighted by Crippen LogP contribution is 2.17. The van der Waals surface area contributed by atoms with Crippen LogP contribution in [0.5, 0.6) is 0 Å². The number of nitrogens with one attached hydrogen (secondary N) is 1. The minimum atomic E-state index is -0.113. The van der Waals surface area contributed by atoms with Crippen molar-refractivity contribution in [2.24, 2.45) is 5.92 Å². The second-order valence-electron chi connectivity index (χ2n) is 3.56. The number of nitrogens with zero attached hydrogens (tertiary/aromatic N) is 2. The summed E-state index contributed by atoms with van der Waals surface area (Å²) in [6, 6.07) is 0. The highest BCUT2D eigenvalue weighted by molar-refractivity contribution is 7.99. The van der Waals surface area contributed by atoms with Gasteiger partial charge in [-0.3, -0.25) is 4.57 Å². The Hall–Kier alpha value is -0.360. The van der Waals surface area contributed by atoms with Gasteiger partial charge in [-0.1, -0.05) is 25.6 Å². The van der Waals surface area contributed by atoms with Crippen molar-refractivity contribution in [1.29, 1.82) is 0 Å². The second-order valence-corrected chi connectivity index (χ2v) is 4.91. The topological polar surface area (TPSA) is 50.7 Å². The third kappa shape index (κ3) is 3.61. The summed E-state index contributed by atoms with van der Waals surface area (Å²) in [5, 5.41) is 7.27. The summed E-state index contributed by atoms with van der Waals surface area (Å²) >= 11 is 5.84. The van der Waals surface area contributed by atoms with E-state index in [9.17, 15) is 4.79 Å². The first-order valence-corrected chi connectivity index (χ1v) is 6.69. The van der Waals surface area contributed by atoms with Gasteiger partial charge in [0.2, 0.25) is 0 Å². The summed E-state index contributed by atoms with van der Waals surface area (Å²) < 4.78 is 1.69.